The lowest BCUT2D eigenvalue weighted by molar-refractivity contribution is 0.601. The normalized spacial score (nSPS) is 11.9. The number of anilines is 1. The molecule has 1 N–H and O–H groups in total. The summed E-state index contributed by atoms with van der Waals surface area (Å²) in [6.07, 6.45) is 0. The molecule has 0 aliphatic rings. The number of thiophene rings is 1. The summed E-state index contributed by atoms with van der Waals surface area (Å²) < 4.78 is 29.1. The fourth-order valence-electron chi connectivity index (χ4n) is 3.65. The molecule has 0 aliphatic carbocycles. The van der Waals surface area contributed by atoms with Crippen LogP contribution in [0.5, 0.6) is 0 Å². The molecule has 2 aromatic carbocycles. The molecule has 2 aromatic heterocycles. The summed E-state index contributed by atoms with van der Waals surface area (Å²) in [6.45, 7) is 8.22. The molecule has 0 bridgehead atoms. The van der Waals surface area contributed by atoms with Crippen molar-refractivity contribution in [2.24, 2.45) is 0 Å². The lowest BCUT2D eigenvalue weighted by Crippen LogP contribution is -2.13. The summed E-state index contributed by atoms with van der Waals surface area (Å²) in [5.74, 6) is 0.271. The third-order valence-corrected chi connectivity index (χ3v) is 7.98. The summed E-state index contributed by atoms with van der Waals surface area (Å²) in [6, 6.07) is 16.3. The van der Waals surface area contributed by atoms with Crippen LogP contribution in [0.3, 0.4) is 0 Å². The van der Waals surface area contributed by atoms with Gasteiger partial charge >= 0.3 is 0 Å². The van der Waals surface area contributed by atoms with E-state index < -0.39 is 10.0 Å². The van der Waals surface area contributed by atoms with Gasteiger partial charge in [0.1, 0.15) is 4.83 Å². The number of halogens is 1. The Kier molecular flexibility index (Phi) is 5.81. The van der Waals surface area contributed by atoms with Crippen LogP contribution in [-0.2, 0) is 10.0 Å². The maximum atomic E-state index is 13.2. The van der Waals surface area contributed by atoms with Crippen LogP contribution in [0.2, 0.25) is 5.02 Å². The summed E-state index contributed by atoms with van der Waals surface area (Å²) >= 11 is 7.65. The van der Waals surface area contributed by atoms with E-state index in [1.165, 1.54) is 17.0 Å². The Balaban J connectivity index is 1.98. The molecule has 2 heterocycles. The standard InChI is InChI=1S/C24H23ClN2O2S2/c1-14(2)23-21(17-8-5-7-15(3)11-17)22-20(12-16(4)26-24(22)30-23)27-31(28,29)19-10-6-9-18(25)13-19/h5-14H,1-4H3,(H,26,27). The Morgan fingerprint density at radius 3 is 2.45 bits per heavy atom. The van der Waals surface area contributed by atoms with E-state index in [1.807, 2.05) is 13.0 Å². The van der Waals surface area contributed by atoms with E-state index >= 15 is 0 Å². The first-order valence-corrected chi connectivity index (χ1v) is 12.6. The molecule has 160 valence electrons. The number of hydrogen-bond acceptors (Lipinski definition) is 4. The van der Waals surface area contributed by atoms with Crippen LogP contribution in [0.25, 0.3) is 21.3 Å². The van der Waals surface area contributed by atoms with Crippen molar-refractivity contribution in [3.05, 3.63) is 75.8 Å². The van der Waals surface area contributed by atoms with Crippen LogP contribution in [0.4, 0.5) is 5.69 Å². The van der Waals surface area contributed by atoms with E-state index in [2.05, 4.69) is 43.7 Å². The monoisotopic (exact) mass is 470 g/mol. The topological polar surface area (TPSA) is 59.1 Å². The number of hydrogen-bond donors (Lipinski definition) is 1. The zero-order chi connectivity index (χ0) is 22.3. The Hall–Kier alpha value is -2.41. The molecular formula is C24H23ClN2O2S2. The minimum Gasteiger partial charge on any atom is -0.279 e. The van der Waals surface area contributed by atoms with E-state index in [1.54, 1.807) is 29.5 Å². The molecule has 0 unspecified atom stereocenters. The molecule has 0 fully saturated rings. The van der Waals surface area contributed by atoms with E-state index in [0.29, 0.717) is 10.7 Å². The molecule has 7 heteroatoms. The van der Waals surface area contributed by atoms with Crippen LogP contribution < -0.4 is 4.72 Å². The maximum absolute atomic E-state index is 13.2. The van der Waals surface area contributed by atoms with Gasteiger partial charge in [0.2, 0.25) is 0 Å². The summed E-state index contributed by atoms with van der Waals surface area (Å²) in [5.41, 5.74) is 4.53. The van der Waals surface area contributed by atoms with Gasteiger partial charge in [-0.25, -0.2) is 13.4 Å². The van der Waals surface area contributed by atoms with Crippen molar-refractivity contribution in [2.45, 2.75) is 38.5 Å². The Morgan fingerprint density at radius 1 is 1.03 bits per heavy atom. The van der Waals surface area contributed by atoms with Crippen LogP contribution in [-0.4, -0.2) is 13.4 Å². The van der Waals surface area contributed by atoms with Crippen LogP contribution >= 0.6 is 22.9 Å². The smallest absolute Gasteiger partial charge is 0.261 e. The fourth-order valence-corrected chi connectivity index (χ4v) is 6.28. The lowest BCUT2D eigenvalue weighted by atomic mass is 9.96. The highest BCUT2D eigenvalue weighted by Gasteiger charge is 2.23. The van der Waals surface area contributed by atoms with Crippen molar-refractivity contribution >= 4 is 48.9 Å². The first-order chi connectivity index (χ1) is 14.7. The van der Waals surface area contributed by atoms with Gasteiger partial charge in [0, 0.05) is 26.5 Å². The van der Waals surface area contributed by atoms with Crippen LogP contribution in [0, 0.1) is 13.8 Å². The van der Waals surface area contributed by atoms with Gasteiger partial charge in [-0.15, -0.1) is 11.3 Å². The Bertz CT molecular complexity index is 1390. The Labute approximate surface area is 192 Å². The quantitative estimate of drug-likeness (QED) is 0.336. The van der Waals surface area contributed by atoms with Crippen molar-refractivity contribution in [2.75, 3.05) is 4.72 Å². The van der Waals surface area contributed by atoms with Gasteiger partial charge < -0.3 is 0 Å². The highest BCUT2D eigenvalue weighted by molar-refractivity contribution is 7.92. The molecule has 4 nitrogen and oxygen atoms in total. The van der Waals surface area contributed by atoms with Crippen molar-refractivity contribution in [1.82, 2.24) is 4.98 Å². The van der Waals surface area contributed by atoms with Gasteiger partial charge in [-0.2, -0.15) is 0 Å². The zero-order valence-corrected chi connectivity index (χ0v) is 20.1. The average Bonchev–Trinajstić information content (AvgIpc) is 3.07. The summed E-state index contributed by atoms with van der Waals surface area (Å²) in [4.78, 5) is 6.86. The van der Waals surface area contributed by atoms with Crippen molar-refractivity contribution in [3.8, 4) is 11.1 Å². The first-order valence-electron chi connectivity index (χ1n) is 9.95. The molecule has 0 radical (unpaired) electrons. The molecule has 4 aromatic rings. The highest BCUT2D eigenvalue weighted by atomic mass is 35.5. The molecule has 0 atom stereocenters. The number of sulfonamides is 1. The molecule has 0 amide bonds. The lowest BCUT2D eigenvalue weighted by Gasteiger charge is -2.13. The second-order valence-electron chi connectivity index (χ2n) is 7.92. The number of rotatable bonds is 5. The van der Waals surface area contributed by atoms with E-state index in [4.69, 9.17) is 16.6 Å². The molecule has 0 saturated heterocycles. The van der Waals surface area contributed by atoms with Gasteiger partial charge in [0.25, 0.3) is 10.0 Å². The van der Waals surface area contributed by atoms with E-state index in [-0.39, 0.29) is 10.8 Å². The number of aryl methyl sites for hydroxylation is 2. The molecule has 31 heavy (non-hydrogen) atoms. The predicted molar refractivity (Wildman–Crippen MR) is 131 cm³/mol. The Morgan fingerprint density at radius 2 is 1.77 bits per heavy atom. The van der Waals surface area contributed by atoms with Gasteiger partial charge in [-0.05, 0) is 49.6 Å². The van der Waals surface area contributed by atoms with Gasteiger partial charge in [-0.1, -0.05) is 61.3 Å². The van der Waals surface area contributed by atoms with Gasteiger partial charge in [0.15, 0.2) is 0 Å². The second-order valence-corrected chi connectivity index (χ2v) is 11.1. The third-order valence-electron chi connectivity index (χ3n) is 5.00. The average molecular weight is 471 g/mol. The fraction of sp³-hybridized carbons (Fsp3) is 0.208. The number of nitrogens with one attached hydrogen (secondary N) is 1. The molecule has 0 saturated carbocycles. The molecule has 4 rings (SSSR count). The minimum atomic E-state index is -3.82. The third kappa shape index (κ3) is 4.33. The number of aromatic nitrogens is 1. The minimum absolute atomic E-state index is 0.124. The number of pyridine rings is 1. The van der Waals surface area contributed by atoms with E-state index in [9.17, 15) is 8.42 Å². The van der Waals surface area contributed by atoms with Crippen LogP contribution in [0.15, 0.2) is 59.5 Å². The SMILES string of the molecule is Cc1cccc(-c2c(C(C)C)sc3nc(C)cc(NS(=O)(=O)c4cccc(Cl)c4)c23)c1. The first kappa shape index (κ1) is 21.8. The number of nitrogens with zero attached hydrogens (tertiary/aromatic N) is 1. The number of fused-ring (bicyclic) bond motifs is 1. The van der Waals surface area contributed by atoms with Crippen molar-refractivity contribution < 1.29 is 8.42 Å². The summed E-state index contributed by atoms with van der Waals surface area (Å²) in [7, 11) is -3.82. The zero-order valence-electron chi connectivity index (χ0n) is 17.7. The highest BCUT2D eigenvalue weighted by Crippen LogP contribution is 2.45. The van der Waals surface area contributed by atoms with Gasteiger partial charge in [0.05, 0.1) is 10.6 Å². The van der Waals surface area contributed by atoms with Gasteiger partial charge in [-0.3, -0.25) is 4.72 Å². The molecule has 0 spiro atoms. The van der Waals surface area contributed by atoms with E-state index in [0.717, 1.165) is 32.6 Å². The second kappa shape index (κ2) is 8.26. The van der Waals surface area contributed by atoms with Crippen LogP contribution in [0.1, 0.15) is 35.9 Å². The largest absolute Gasteiger partial charge is 0.279 e. The summed E-state index contributed by atoms with van der Waals surface area (Å²) in [5, 5.41) is 1.20. The molecular weight excluding hydrogens is 448 g/mol. The predicted octanol–water partition coefficient (Wildman–Crippen LogP) is 7.16. The maximum Gasteiger partial charge on any atom is 0.261 e. The number of benzene rings is 2. The van der Waals surface area contributed by atoms with Crippen molar-refractivity contribution in [3.63, 3.8) is 0 Å². The molecule has 0 aliphatic heterocycles. The van der Waals surface area contributed by atoms with Crippen molar-refractivity contribution in [1.29, 1.82) is 0 Å².